The van der Waals surface area contributed by atoms with Crippen molar-refractivity contribution in [2.24, 2.45) is 5.73 Å². The molecule has 102 valence electrons. The topological polar surface area (TPSA) is 47.3 Å². The zero-order valence-corrected chi connectivity index (χ0v) is 12.2. The summed E-state index contributed by atoms with van der Waals surface area (Å²) in [6, 6.07) is 6.66. The van der Waals surface area contributed by atoms with Gasteiger partial charge in [0.2, 0.25) is 0 Å². The zero-order valence-electron chi connectivity index (χ0n) is 12.2. The third kappa shape index (κ3) is 3.47. The molecule has 1 atom stereocenters. The SMILES string of the molecule is CNC(CCN)c1cc(C(C)(C)C)ccc1OC. The number of hydrogen-bond donors (Lipinski definition) is 2. The number of hydrogen-bond acceptors (Lipinski definition) is 3. The van der Waals surface area contributed by atoms with E-state index in [9.17, 15) is 0 Å². The summed E-state index contributed by atoms with van der Waals surface area (Å²) in [5.41, 5.74) is 8.33. The summed E-state index contributed by atoms with van der Waals surface area (Å²) < 4.78 is 5.46. The standard InChI is InChI=1S/C15H26N2O/c1-15(2,3)11-6-7-14(18-5)12(10-11)13(17-4)8-9-16/h6-7,10,13,17H,8-9,16H2,1-5H3. The van der Waals surface area contributed by atoms with Crippen LogP contribution in [0.4, 0.5) is 0 Å². The van der Waals surface area contributed by atoms with Crippen LogP contribution in [0.1, 0.15) is 44.4 Å². The van der Waals surface area contributed by atoms with E-state index in [1.54, 1.807) is 7.11 Å². The largest absolute Gasteiger partial charge is 0.496 e. The van der Waals surface area contributed by atoms with Crippen LogP contribution in [0.5, 0.6) is 5.75 Å². The van der Waals surface area contributed by atoms with Crippen molar-refractivity contribution >= 4 is 0 Å². The maximum atomic E-state index is 5.68. The first-order chi connectivity index (χ1) is 8.43. The molecule has 0 fully saturated rings. The third-order valence-electron chi connectivity index (χ3n) is 3.27. The van der Waals surface area contributed by atoms with Gasteiger partial charge in [0.15, 0.2) is 0 Å². The first kappa shape index (κ1) is 15.0. The minimum atomic E-state index is 0.141. The Kier molecular flexibility index (Phi) is 5.17. The van der Waals surface area contributed by atoms with Crippen LogP contribution >= 0.6 is 0 Å². The van der Waals surface area contributed by atoms with E-state index in [0.717, 1.165) is 12.2 Å². The smallest absolute Gasteiger partial charge is 0.123 e. The summed E-state index contributed by atoms with van der Waals surface area (Å²) in [6.45, 7) is 7.32. The Bertz CT molecular complexity index is 383. The van der Waals surface area contributed by atoms with E-state index >= 15 is 0 Å². The molecule has 1 unspecified atom stereocenters. The highest BCUT2D eigenvalue weighted by Gasteiger charge is 2.19. The number of benzene rings is 1. The summed E-state index contributed by atoms with van der Waals surface area (Å²) in [5.74, 6) is 0.927. The van der Waals surface area contributed by atoms with Crippen LogP contribution in [0.3, 0.4) is 0 Å². The fraction of sp³-hybridized carbons (Fsp3) is 0.600. The summed E-state index contributed by atoms with van der Waals surface area (Å²) in [4.78, 5) is 0. The third-order valence-corrected chi connectivity index (χ3v) is 3.27. The summed E-state index contributed by atoms with van der Waals surface area (Å²) >= 11 is 0. The molecule has 3 N–H and O–H groups in total. The van der Waals surface area contributed by atoms with Gasteiger partial charge in [-0.25, -0.2) is 0 Å². The lowest BCUT2D eigenvalue weighted by Gasteiger charge is -2.24. The van der Waals surface area contributed by atoms with E-state index in [2.05, 4.69) is 44.3 Å². The normalized spacial score (nSPS) is 13.4. The molecule has 0 saturated heterocycles. The van der Waals surface area contributed by atoms with E-state index in [-0.39, 0.29) is 11.5 Å². The molecule has 18 heavy (non-hydrogen) atoms. The first-order valence-corrected chi connectivity index (χ1v) is 6.49. The van der Waals surface area contributed by atoms with Crippen molar-refractivity contribution in [2.75, 3.05) is 20.7 Å². The molecule has 0 saturated carbocycles. The Morgan fingerprint density at radius 3 is 2.44 bits per heavy atom. The van der Waals surface area contributed by atoms with Gasteiger partial charge < -0.3 is 15.8 Å². The lowest BCUT2D eigenvalue weighted by molar-refractivity contribution is 0.398. The van der Waals surface area contributed by atoms with Crippen molar-refractivity contribution < 1.29 is 4.74 Å². The lowest BCUT2D eigenvalue weighted by Crippen LogP contribution is -2.21. The van der Waals surface area contributed by atoms with Crippen molar-refractivity contribution in [3.8, 4) is 5.75 Å². The van der Waals surface area contributed by atoms with E-state index < -0.39 is 0 Å². The maximum absolute atomic E-state index is 5.68. The van der Waals surface area contributed by atoms with Crippen molar-refractivity contribution in [1.29, 1.82) is 0 Å². The van der Waals surface area contributed by atoms with Crippen molar-refractivity contribution in [3.63, 3.8) is 0 Å². The molecule has 1 aromatic carbocycles. The number of nitrogens with two attached hydrogens (primary N) is 1. The monoisotopic (exact) mass is 250 g/mol. The minimum absolute atomic E-state index is 0.141. The fourth-order valence-corrected chi connectivity index (χ4v) is 2.10. The highest BCUT2D eigenvalue weighted by molar-refractivity contribution is 5.41. The van der Waals surface area contributed by atoms with Crippen molar-refractivity contribution in [1.82, 2.24) is 5.32 Å². The average molecular weight is 250 g/mol. The molecule has 1 rings (SSSR count). The molecule has 1 aromatic rings. The van der Waals surface area contributed by atoms with Crippen LogP contribution in [0.25, 0.3) is 0 Å². The highest BCUT2D eigenvalue weighted by atomic mass is 16.5. The Morgan fingerprint density at radius 1 is 1.33 bits per heavy atom. The molecular formula is C15H26N2O. The molecular weight excluding hydrogens is 224 g/mol. The maximum Gasteiger partial charge on any atom is 0.123 e. The van der Waals surface area contributed by atoms with Gasteiger partial charge in [-0.15, -0.1) is 0 Å². The van der Waals surface area contributed by atoms with Gasteiger partial charge in [-0.2, -0.15) is 0 Å². The molecule has 0 heterocycles. The van der Waals surface area contributed by atoms with Crippen LogP contribution in [-0.4, -0.2) is 20.7 Å². The minimum Gasteiger partial charge on any atom is -0.496 e. The van der Waals surface area contributed by atoms with Crippen molar-refractivity contribution in [2.45, 2.75) is 38.6 Å². The van der Waals surface area contributed by atoms with Crippen molar-refractivity contribution in [3.05, 3.63) is 29.3 Å². The van der Waals surface area contributed by atoms with Gasteiger partial charge in [0.05, 0.1) is 7.11 Å². The molecule has 0 bridgehead atoms. The van der Waals surface area contributed by atoms with Crippen LogP contribution in [0, 0.1) is 0 Å². The summed E-state index contributed by atoms with van der Waals surface area (Å²) in [7, 11) is 3.67. The van der Waals surface area contributed by atoms with Crippen LogP contribution in [0.15, 0.2) is 18.2 Å². The summed E-state index contributed by atoms with van der Waals surface area (Å²) in [5, 5.41) is 3.31. The Balaban J connectivity index is 3.20. The molecule has 0 aliphatic rings. The van der Waals surface area contributed by atoms with E-state index in [1.807, 2.05) is 7.05 Å². The quantitative estimate of drug-likeness (QED) is 0.844. The van der Waals surface area contributed by atoms with E-state index in [1.165, 1.54) is 11.1 Å². The predicted octanol–water partition coefficient (Wildman–Crippen LogP) is 2.60. The number of methoxy groups -OCH3 is 1. The average Bonchev–Trinajstić information content (AvgIpc) is 2.34. The van der Waals surface area contributed by atoms with E-state index in [4.69, 9.17) is 10.5 Å². The van der Waals surface area contributed by atoms with Gasteiger partial charge in [0.1, 0.15) is 5.75 Å². The van der Waals surface area contributed by atoms with E-state index in [0.29, 0.717) is 6.54 Å². The molecule has 0 aliphatic carbocycles. The van der Waals surface area contributed by atoms with Gasteiger partial charge in [0, 0.05) is 11.6 Å². The number of rotatable bonds is 5. The van der Waals surface area contributed by atoms with Gasteiger partial charge in [-0.3, -0.25) is 0 Å². The van der Waals surface area contributed by atoms with Gasteiger partial charge in [-0.1, -0.05) is 26.8 Å². The zero-order chi connectivity index (χ0) is 13.8. The van der Waals surface area contributed by atoms with Gasteiger partial charge in [0.25, 0.3) is 0 Å². The predicted molar refractivity (Wildman–Crippen MR) is 77.2 cm³/mol. The number of nitrogens with one attached hydrogen (secondary N) is 1. The molecule has 3 heteroatoms. The lowest BCUT2D eigenvalue weighted by atomic mass is 9.85. The number of ether oxygens (including phenoxy) is 1. The van der Waals surface area contributed by atoms with Crippen LogP contribution in [0.2, 0.25) is 0 Å². The molecule has 3 nitrogen and oxygen atoms in total. The molecule has 0 radical (unpaired) electrons. The summed E-state index contributed by atoms with van der Waals surface area (Å²) in [6.07, 6.45) is 0.903. The van der Waals surface area contributed by atoms with Gasteiger partial charge in [-0.05, 0) is 43.1 Å². The fourth-order valence-electron chi connectivity index (χ4n) is 2.10. The first-order valence-electron chi connectivity index (χ1n) is 6.49. The molecule has 0 aromatic heterocycles. The van der Waals surface area contributed by atoms with Crippen LogP contribution < -0.4 is 15.8 Å². The second-order valence-corrected chi connectivity index (χ2v) is 5.63. The Hall–Kier alpha value is -1.06. The highest BCUT2D eigenvalue weighted by Crippen LogP contribution is 2.32. The molecule has 0 spiro atoms. The second-order valence-electron chi connectivity index (χ2n) is 5.63. The molecule has 0 aliphatic heterocycles. The second kappa shape index (κ2) is 6.21. The van der Waals surface area contributed by atoms with Crippen LogP contribution in [-0.2, 0) is 5.41 Å². The Morgan fingerprint density at radius 2 is 2.00 bits per heavy atom. The Labute approximate surface area is 111 Å². The van der Waals surface area contributed by atoms with Gasteiger partial charge >= 0.3 is 0 Å². The molecule has 0 amide bonds.